The van der Waals surface area contributed by atoms with Crippen LogP contribution in [0.4, 0.5) is 17.3 Å². The Morgan fingerprint density at radius 3 is 2.40 bits per heavy atom. The molecule has 0 radical (unpaired) electrons. The van der Waals surface area contributed by atoms with Crippen molar-refractivity contribution in [1.82, 2.24) is 4.90 Å². The highest BCUT2D eigenvalue weighted by Gasteiger charge is 2.43. The SMILES string of the molecule is CC(C)[C@H]1CO[C@H]2CC[S+](C)CC(=O)N21.F[B-](F)(F)F. The highest BCUT2D eigenvalue weighted by molar-refractivity contribution is 7.96. The van der Waals surface area contributed by atoms with E-state index < -0.39 is 7.25 Å². The van der Waals surface area contributed by atoms with E-state index >= 15 is 0 Å². The number of ether oxygens (including phenoxy) is 1. The molecule has 1 unspecified atom stereocenters. The van der Waals surface area contributed by atoms with Crippen LogP contribution in [0, 0.1) is 5.92 Å². The zero-order chi connectivity index (χ0) is 15.5. The highest BCUT2D eigenvalue weighted by Crippen LogP contribution is 2.27. The maximum atomic E-state index is 12.1. The normalized spacial score (nSPS) is 30.7. The lowest BCUT2D eigenvalue weighted by molar-refractivity contribution is -0.135. The molecule has 0 aromatic carbocycles. The Bertz CT molecular complexity index is 337. The van der Waals surface area contributed by atoms with Crippen molar-refractivity contribution in [1.29, 1.82) is 0 Å². The quantitative estimate of drug-likeness (QED) is 0.421. The molecule has 0 N–H and O–H groups in total. The van der Waals surface area contributed by atoms with Gasteiger partial charge in [-0.1, -0.05) is 13.8 Å². The molecule has 0 saturated carbocycles. The van der Waals surface area contributed by atoms with Gasteiger partial charge in [-0.25, -0.2) is 0 Å². The van der Waals surface area contributed by atoms with Gasteiger partial charge in [0, 0.05) is 6.42 Å². The summed E-state index contributed by atoms with van der Waals surface area (Å²) in [6, 6.07) is 0.303. The first kappa shape index (κ1) is 17.6. The molecule has 3 nitrogen and oxygen atoms in total. The van der Waals surface area contributed by atoms with Gasteiger partial charge >= 0.3 is 7.25 Å². The molecule has 2 aliphatic heterocycles. The molecule has 1 amide bonds. The van der Waals surface area contributed by atoms with Gasteiger partial charge in [0.15, 0.2) is 5.75 Å². The summed E-state index contributed by atoms with van der Waals surface area (Å²) in [7, 11) is -5.75. The minimum Gasteiger partial charge on any atom is -0.418 e. The monoisotopic (exact) mass is 317 g/mol. The molecule has 2 fully saturated rings. The number of nitrogens with zero attached hydrogens (tertiary/aromatic N) is 1. The molecule has 9 heteroatoms. The maximum absolute atomic E-state index is 12.1. The second-order valence-corrected chi connectivity index (χ2v) is 7.57. The van der Waals surface area contributed by atoms with E-state index in [1.807, 2.05) is 4.90 Å². The average Bonchev–Trinajstić information content (AvgIpc) is 2.62. The zero-order valence-corrected chi connectivity index (χ0v) is 12.6. The number of hydrogen-bond donors (Lipinski definition) is 0. The number of rotatable bonds is 1. The lowest BCUT2D eigenvalue weighted by Crippen LogP contribution is -2.44. The predicted octanol–water partition coefficient (Wildman–Crippen LogP) is 2.15. The topological polar surface area (TPSA) is 29.5 Å². The van der Waals surface area contributed by atoms with Crippen molar-refractivity contribution in [2.24, 2.45) is 5.92 Å². The van der Waals surface area contributed by atoms with Crippen molar-refractivity contribution < 1.29 is 26.8 Å². The van der Waals surface area contributed by atoms with Crippen LogP contribution in [-0.2, 0) is 20.4 Å². The van der Waals surface area contributed by atoms with E-state index in [-0.39, 0.29) is 17.1 Å². The third-order valence-electron chi connectivity index (χ3n) is 3.27. The summed E-state index contributed by atoms with van der Waals surface area (Å²) in [6.45, 7) is 5.06. The van der Waals surface area contributed by atoms with Crippen molar-refractivity contribution >= 4 is 24.1 Å². The van der Waals surface area contributed by atoms with Crippen LogP contribution in [0.1, 0.15) is 20.3 Å². The van der Waals surface area contributed by atoms with Gasteiger partial charge in [0.25, 0.3) is 5.91 Å². The molecule has 0 aromatic heterocycles. The largest absolute Gasteiger partial charge is 0.673 e. The zero-order valence-electron chi connectivity index (χ0n) is 11.8. The molecular formula is C11H20BF4NO2S. The fraction of sp³-hybridized carbons (Fsp3) is 0.909. The van der Waals surface area contributed by atoms with Gasteiger partial charge in [0.05, 0.1) is 18.9 Å². The van der Waals surface area contributed by atoms with Gasteiger partial charge in [-0.3, -0.25) is 4.79 Å². The van der Waals surface area contributed by atoms with Gasteiger partial charge < -0.3 is 26.9 Å². The highest BCUT2D eigenvalue weighted by atomic mass is 32.2. The number of hydrogen-bond acceptors (Lipinski definition) is 2. The van der Waals surface area contributed by atoms with Crippen LogP contribution in [0.15, 0.2) is 0 Å². The Morgan fingerprint density at radius 1 is 1.35 bits per heavy atom. The fourth-order valence-electron chi connectivity index (χ4n) is 2.32. The van der Waals surface area contributed by atoms with Crippen LogP contribution in [0.5, 0.6) is 0 Å². The number of carbonyl (C=O) groups is 1. The van der Waals surface area contributed by atoms with Crippen LogP contribution in [0.25, 0.3) is 0 Å². The molecule has 20 heavy (non-hydrogen) atoms. The second-order valence-electron chi connectivity index (χ2n) is 5.31. The Balaban J connectivity index is 0.000000347. The number of fused-ring (bicyclic) bond motifs is 1. The van der Waals surface area contributed by atoms with Gasteiger partial charge in [-0.2, -0.15) is 0 Å². The molecule has 0 aliphatic carbocycles. The van der Waals surface area contributed by atoms with E-state index in [2.05, 4.69) is 20.1 Å². The smallest absolute Gasteiger partial charge is 0.418 e. The minimum atomic E-state index is -6.00. The summed E-state index contributed by atoms with van der Waals surface area (Å²) in [4.78, 5) is 14.1. The first-order valence-electron chi connectivity index (χ1n) is 6.49. The van der Waals surface area contributed by atoms with Crippen LogP contribution in [0.3, 0.4) is 0 Å². The van der Waals surface area contributed by atoms with E-state index in [1.165, 1.54) is 0 Å². The lowest BCUT2D eigenvalue weighted by Gasteiger charge is -2.27. The fourth-order valence-corrected chi connectivity index (χ4v) is 3.64. The van der Waals surface area contributed by atoms with E-state index in [9.17, 15) is 22.1 Å². The molecule has 2 saturated heterocycles. The molecular weight excluding hydrogens is 297 g/mol. The summed E-state index contributed by atoms with van der Waals surface area (Å²) in [6.07, 6.45) is 3.28. The summed E-state index contributed by atoms with van der Waals surface area (Å²) < 4.78 is 44.7. The predicted molar refractivity (Wildman–Crippen MR) is 73.0 cm³/mol. The van der Waals surface area contributed by atoms with Crippen molar-refractivity contribution in [3.05, 3.63) is 0 Å². The van der Waals surface area contributed by atoms with E-state index in [4.69, 9.17) is 4.74 Å². The van der Waals surface area contributed by atoms with Gasteiger partial charge in [0.2, 0.25) is 0 Å². The van der Waals surface area contributed by atoms with Crippen molar-refractivity contribution in [2.75, 3.05) is 24.4 Å². The molecule has 0 spiro atoms. The summed E-state index contributed by atoms with van der Waals surface area (Å²) >= 11 is 0. The third-order valence-corrected chi connectivity index (χ3v) is 4.94. The summed E-state index contributed by atoms with van der Waals surface area (Å²) in [5.41, 5.74) is 0. The standard InChI is InChI=1S/C11H20NO2S.BF4/c1-8(2)9-6-14-11-4-5-15(3)7-10(13)12(9)11;2-1(3,4)5/h8-9,11H,4-7H2,1-3H3;/q+1;-1/t9-,11+,15?;/m1./s1. The van der Waals surface area contributed by atoms with Crippen LogP contribution in [-0.4, -0.2) is 54.7 Å². The lowest BCUT2D eigenvalue weighted by atomic mass is 10.0. The Morgan fingerprint density at radius 2 is 1.90 bits per heavy atom. The van der Waals surface area contributed by atoms with Crippen molar-refractivity contribution in [3.63, 3.8) is 0 Å². The Kier molecular flexibility index (Phi) is 6.18. The summed E-state index contributed by atoms with van der Waals surface area (Å²) in [5.74, 6) is 2.66. The molecule has 0 aromatic rings. The molecule has 0 bridgehead atoms. The maximum Gasteiger partial charge on any atom is 0.673 e. The average molecular weight is 317 g/mol. The van der Waals surface area contributed by atoms with Gasteiger partial charge in [-0.05, 0) is 16.8 Å². The minimum absolute atomic E-state index is 0.0716. The Hall–Kier alpha value is -0.435. The summed E-state index contributed by atoms with van der Waals surface area (Å²) in [5, 5.41) is 0. The molecule has 2 rings (SSSR count). The molecule has 3 atom stereocenters. The third kappa shape index (κ3) is 5.51. The van der Waals surface area contributed by atoms with Crippen LogP contribution < -0.4 is 0 Å². The number of halogens is 4. The van der Waals surface area contributed by atoms with Crippen molar-refractivity contribution in [3.8, 4) is 0 Å². The molecule has 118 valence electrons. The van der Waals surface area contributed by atoms with Crippen LogP contribution in [0.2, 0.25) is 0 Å². The van der Waals surface area contributed by atoms with E-state index in [0.717, 1.165) is 24.5 Å². The van der Waals surface area contributed by atoms with Gasteiger partial charge in [-0.15, -0.1) is 0 Å². The van der Waals surface area contributed by atoms with Crippen molar-refractivity contribution in [2.45, 2.75) is 32.5 Å². The first-order valence-corrected chi connectivity index (χ1v) is 8.46. The number of carbonyl (C=O) groups excluding carboxylic acids is 1. The second kappa shape index (κ2) is 7.02. The first-order chi connectivity index (χ1) is 9.09. The van der Waals surface area contributed by atoms with Gasteiger partial charge in [0.1, 0.15) is 12.0 Å². The van der Waals surface area contributed by atoms with E-state index in [1.54, 1.807) is 0 Å². The van der Waals surface area contributed by atoms with E-state index in [0.29, 0.717) is 17.9 Å². The number of amides is 1. The Labute approximate surface area is 119 Å². The molecule has 2 aliphatic rings. The molecule has 2 heterocycles. The van der Waals surface area contributed by atoms with Crippen LogP contribution >= 0.6 is 0 Å².